The minimum absolute atomic E-state index is 0.141. The third-order valence-electron chi connectivity index (χ3n) is 6.42. The van der Waals surface area contributed by atoms with Gasteiger partial charge in [-0.25, -0.2) is 0 Å². The number of fused-ring (bicyclic) bond motifs is 1. The number of rotatable bonds is 4. The fourth-order valence-corrected chi connectivity index (χ4v) is 6.43. The molecule has 0 unspecified atom stereocenters. The van der Waals surface area contributed by atoms with E-state index in [9.17, 15) is 14.4 Å². The number of ether oxygens (including phenoxy) is 1. The fourth-order valence-electron chi connectivity index (χ4n) is 4.61. The van der Waals surface area contributed by atoms with Gasteiger partial charge in [-0.3, -0.25) is 19.3 Å². The van der Waals surface area contributed by atoms with Gasteiger partial charge in [0.05, 0.1) is 48.8 Å². The van der Waals surface area contributed by atoms with Crippen molar-refractivity contribution in [3.63, 3.8) is 0 Å². The smallest absolute Gasteiger partial charge is 0.264 e. The summed E-state index contributed by atoms with van der Waals surface area (Å²) >= 11 is 31.9. The Morgan fingerprint density at radius 2 is 1.35 bits per heavy atom. The Balaban J connectivity index is 1.65. The minimum atomic E-state index is -1.17. The number of anilines is 1. The van der Waals surface area contributed by atoms with Crippen LogP contribution in [-0.4, -0.2) is 35.8 Å². The fraction of sp³-hybridized carbons (Fsp3) is 0.160. The van der Waals surface area contributed by atoms with Crippen LogP contribution in [0.2, 0.25) is 20.1 Å². The topological polar surface area (TPSA) is 66.9 Å². The Kier molecular flexibility index (Phi) is 7.05. The number of benzene rings is 3. The summed E-state index contributed by atoms with van der Waals surface area (Å²) in [5.41, 5.74) is 1.84. The zero-order chi connectivity index (χ0) is 26.9. The molecule has 3 aromatic carbocycles. The first-order valence-electron chi connectivity index (χ1n) is 10.7. The molecule has 2 aliphatic heterocycles. The van der Waals surface area contributed by atoms with Gasteiger partial charge in [-0.05, 0) is 64.3 Å². The maximum atomic E-state index is 13.7. The molecule has 0 spiro atoms. The van der Waals surface area contributed by atoms with E-state index in [1.165, 1.54) is 7.11 Å². The summed E-state index contributed by atoms with van der Waals surface area (Å²) in [6, 6.07) is 8.89. The summed E-state index contributed by atoms with van der Waals surface area (Å²) in [5, 5.41) is -0.666. The van der Waals surface area contributed by atoms with Gasteiger partial charge in [-0.1, -0.05) is 68.4 Å². The molecule has 190 valence electrons. The summed E-state index contributed by atoms with van der Waals surface area (Å²) in [5.74, 6) is -1.40. The largest absolute Gasteiger partial charge is 0.496 e. The number of methoxy groups -OCH3 is 1. The van der Waals surface area contributed by atoms with E-state index in [0.29, 0.717) is 21.5 Å². The first-order valence-corrected chi connectivity index (χ1v) is 13.8. The number of nitrogens with zero attached hydrogens (tertiary/aromatic N) is 2. The Hall–Kier alpha value is -1.81. The van der Waals surface area contributed by atoms with E-state index in [4.69, 9.17) is 51.1 Å². The third kappa shape index (κ3) is 3.99. The molecular formula is C25H14Br2Cl4N2O4. The van der Waals surface area contributed by atoms with Crippen molar-refractivity contribution in [2.24, 2.45) is 0 Å². The van der Waals surface area contributed by atoms with Gasteiger partial charge < -0.3 is 9.64 Å². The Morgan fingerprint density at radius 1 is 0.757 bits per heavy atom. The molecule has 2 atom stereocenters. The first kappa shape index (κ1) is 26.8. The summed E-state index contributed by atoms with van der Waals surface area (Å²) in [7, 11) is 1.54. The van der Waals surface area contributed by atoms with Crippen molar-refractivity contribution in [3.05, 3.63) is 87.7 Å². The zero-order valence-electron chi connectivity index (χ0n) is 18.9. The van der Waals surface area contributed by atoms with E-state index in [1.54, 1.807) is 29.2 Å². The number of imide groups is 1. The van der Waals surface area contributed by atoms with Crippen molar-refractivity contribution in [1.29, 1.82) is 0 Å². The van der Waals surface area contributed by atoms with Gasteiger partial charge in [-0.2, -0.15) is 0 Å². The first-order chi connectivity index (χ1) is 17.5. The molecule has 1 fully saturated rings. The highest BCUT2D eigenvalue weighted by Gasteiger charge is 2.58. The van der Waals surface area contributed by atoms with Crippen molar-refractivity contribution in [3.8, 4) is 5.75 Å². The van der Waals surface area contributed by atoms with Crippen molar-refractivity contribution >= 4 is 102 Å². The van der Waals surface area contributed by atoms with E-state index in [-0.39, 0.29) is 31.2 Å². The van der Waals surface area contributed by atoms with Crippen LogP contribution in [0.15, 0.2) is 45.3 Å². The van der Waals surface area contributed by atoms with Crippen molar-refractivity contribution in [1.82, 2.24) is 4.90 Å². The molecule has 2 aliphatic rings. The molecule has 0 saturated carbocycles. The predicted octanol–water partition coefficient (Wildman–Crippen LogP) is 7.89. The normalized spacial score (nSPS) is 18.9. The molecule has 3 aromatic rings. The Bertz CT molecular complexity index is 1500. The van der Waals surface area contributed by atoms with Crippen LogP contribution in [0.4, 0.5) is 5.69 Å². The number of halogens is 6. The third-order valence-corrected chi connectivity index (χ3v) is 9.73. The molecule has 0 bridgehead atoms. The van der Waals surface area contributed by atoms with Crippen LogP contribution < -0.4 is 9.64 Å². The SMILES string of the molecule is COc1ccc([C@@H]2[C@@H](N3C(=O)c4c(Cl)c(Cl)c(Cl)c(Cl)c4C3=O)C(=O)N2c2ccc(Br)c(C)c2)cc1Br. The molecule has 0 radical (unpaired) electrons. The van der Waals surface area contributed by atoms with Gasteiger partial charge in [0, 0.05) is 10.2 Å². The standard InChI is InChI=1S/C25H14Br2Cl4N2O4/c1-9-7-11(4-5-12(9)26)32-21(10-3-6-14(37-2)13(27)8-10)22(25(32)36)33-23(34)15-16(24(33)35)18(29)20(31)19(30)17(15)28/h3-8,21-22H,1-2H3/t21-,22-/m1/s1. The Labute approximate surface area is 248 Å². The van der Waals surface area contributed by atoms with E-state index in [0.717, 1.165) is 14.9 Å². The second kappa shape index (κ2) is 9.74. The number of β-lactam (4-membered cyclic amide) rings is 1. The van der Waals surface area contributed by atoms with E-state index in [1.807, 2.05) is 19.1 Å². The molecule has 1 saturated heterocycles. The quantitative estimate of drug-likeness (QED) is 0.120. The molecule has 6 nitrogen and oxygen atoms in total. The maximum Gasteiger partial charge on any atom is 0.264 e. The van der Waals surface area contributed by atoms with Gasteiger partial charge >= 0.3 is 0 Å². The molecule has 2 heterocycles. The molecule has 0 aromatic heterocycles. The lowest BCUT2D eigenvalue weighted by molar-refractivity contribution is -0.130. The molecule has 5 rings (SSSR count). The molecule has 0 aliphatic carbocycles. The lowest BCUT2D eigenvalue weighted by Gasteiger charge is -2.50. The van der Waals surface area contributed by atoms with Crippen molar-refractivity contribution in [2.75, 3.05) is 12.0 Å². The molecule has 12 heteroatoms. The number of hydrogen-bond acceptors (Lipinski definition) is 4. The monoisotopic (exact) mass is 704 g/mol. The van der Waals surface area contributed by atoms with Crippen LogP contribution in [0.1, 0.15) is 37.9 Å². The van der Waals surface area contributed by atoms with E-state index >= 15 is 0 Å². The maximum absolute atomic E-state index is 13.7. The van der Waals surface area contributed by atoms with E-state index in [2.05, 4.69) is 31.9 Å². The second-order valence-electron chi connectivity index (χ2n) is 8.41. The highest BCUT2D eigenvalue weighted by Crippen LogP contribution is 2.49. The summed E-state index contributed by atoms with van der Waals surface area (Å²) in [6.45, 7) is 1.90. The molecule has 37 heavy (non-hydrogen) atoms. The number of carbonyl (C=O) groups excluding carboxylic acids is 3. The van der Waals surface area contributed by atoms with Crippen LogP contribution >= 0.6 is 78.3 Å². The number of carbonyl (C=O) groups is 3. The zero-order valence-corrected chi connectivity index (χ0v) is 25.1. The van der Waals surface area contributed by atoms with Crippen LogP contribution in [0.3, 0.4) is 0 Å². The van der Waals surface area contributed by atoms with Crippen LogP contribution in [-0.2, 0) is 4.79 Å². The van der Waals surface area contributed by atoms with Gasteiger partial charge in [0.1, 0.15) is 11.8 Å². The number of hydrogen-bond donors (Lipinski definition) is 0. The average Bonchev–Trinajstić information content (AvgIpc) is 3.12. The van der Waals surface area contributed by atoms with Gasteiger partial charge in [0.15, 0.2) is 0 Å². The van der Waals surface area contributed by atoms with Crippen molar-refractivity contribution in [2.45, 2.75) is 19.0 Å². The van der Waals surface area contributed by atoms with Gasteiger partial charge in [0.25, 0.3) is 17.7 Å². The van der Waals surface area contributed by atoms with Crippen LogP contribution in [0, 0.1) is 6.92 Å². The second-order valence-corrected chi connectivity index (χ2v) is 11.6. The Morgan fingerprint density at radius 3 is 1.86 bits per heavy atom. The van der Waals surface area contributed by atoms with Crippen LogP contribution in [0.5, 0.6) is 5.75 Å². The lowest BCUT2D eigenvalue weighted by Crippen LogP contribution is -2.67. The lowest BCUT2D eigenvalue weighted by atomic mass is 9.86. The molecule has 0 N–H and O–H groups in total. The minimum Gasteiger partial charge on any atom is -0.496 e. The summed E-state index contributed by atoms with van der Waals surface area (Å²) < 4.78 is 6.86. The van der Waals surface area contributed by atoms with E-state index < -0.39 is 29.8 Å². The van der Waals surface area contributed by atoms with Crippen molar-refractivity contribution < 1.29 is 19.1 Å². The predicted molar refractivity (Wildman–Crippen MR) is 151 cm³/mol. The van der Waals surface area contributed by atoms with Crippen LogP contribution in [0.25, 0.3) is 0 Å². The summed E-state index contributed by atoms with van der Waals surface area (Å²) in [4.78, 5) is 43.3. The highest BCUT2D eigenvalue weighted by molar-refractivity contribution is 9.10. The molecule has 3 amide bonds. The highest BCUT2D eigenvalue weighted by atomic mass is 79.9. The van der Waals surface area contributed by atoms with Gasteiger partial charge in [0.2, 0.25) is 0 Å². The summed E-state index contributed by atoms with van der Waals surface area (Å²) in [6.07, 6.45) is 0. The number of amides is 3. The van der Waals surface area contributed by atoms with Gasteiger partial charge in [-0.15, -0.1) is 0 Å². The molecular weight excluding hydrogens is 694 g/mol. The average molecular weight is 708 g/mol. The number of aryl methyl sites for hydroxylation is 1.